The average molecular weight is 726 g/mol. The lowest BCUT2D eigenvalue weighted by atomic mass is 9.96. The van der Waals surface area contributed by atoms with Gasteiger partial charge in [0.1, 0.15) is 34.8 Å². The Morgan fingerprint density at radius 3 is 2.60 bits per heavy atom. The van der Waals surface area contributed by atoms with Gasteiger partial charge in [0, 0.05) is 68.2 Å². The largest absolute Gasteiger partial charge is 0.508 e. The smallest absolute Gasteiger partial charge is 0.318 e. The molecule has 272 valence electrons. The zero-order valence-corrected chi connectivity index (χ0v) is 28.8. The van der Waals surface area contributed by atoms with E-state index in [1.54, 1.807) is 23.1 Å². The summed E-state index contributed by atoms with van der Waals surface area (Å²) in [4.78, 5) is 35.2. The third-order valence-corrected chi connectivity index (χ3v) is 9.77. The summed E-state index contributed by atoms with van der Waals surface area (Å²) in [6.07, 6.45) is 12.4. The molecule has 0 aliphatic carbocycles. The van der Waals surface area contributed by atoms with Crippen LogP contribution in [0.25, 0.3) is 39.0 Å². The Labute approximate surface area is 302 Å². The summed E-state index contributed by atoms with van der Waals surface area (Å²) >= 11 is 0. The molecule has 0 radical (unpaired) electrons. The number of phenols is 1. The van der Waals surface area contributed by atoms with Crippen molar-refractivity contribution in [3.63, 3.8) is 0 Å². The highest BCUT2D eigenvalue weighted by molar-refractivity contribution is 6.03. The fourth-order valence-corrected chi connectivity index (χ4v) is 7.25. The van der Waals surface area contributed by atoms with Crippen molar-refractivity contribution in [2.24, 2.45) is 0 Å². The van der Waals surface area contributed by atoms with Gasteiger partial charge in [-0.05, 0) is 61.5 Å². The van der Waals surface area contributed by atoms with E-state index in [2.05, 4.69) is 30.8 Å². The normalized spacial score (nSPS) is 18.8. The number of benzene rings is 2. The van der Waals surface area contributed by atoms with Crippen LogP contribution in [0.3, 0.4) is 0 Å². The molecule has 2 aromatic carbocycles. The van der Waals surface area contributed by atoms with Crippen molar-refractivity contribution in [2.75, 3.05) is 51.3 Å². The number of aromatic hydroxyl groups is 1. The van der Waals surface area contributed by atoms with E-state index in [4.69, 9.17) is 11.2 Å². The number of anilines is 1. The fourth-order valence-electron chi connectivity index (χ4n) is 7.25. The maximum Gasteiger partial charge on any atom is 0.318 e. The van der Waals surface area contributed by atoms with Gasteiger partial charge in [0.25, 0.3) is 5.91 Å². The van der Waals surface area contributed by atoms with Crippen LogP contribution in [0, 0.1) is 24.0 Å². The van der Waals surface area contributed by atoms with Crippen LogP contribution < -0.4 is 9.64 Å². The molecule has 1 N–H and O–H groups in total. The Hall–Kier alpha value is -5.81. The first-order chi connectivity index (χ1) is 25.6. The number of piperazine rings is 1. The highest BCUT2D eigenvalue weighted by atomic mass is 19.1. The maximum absolute atomic E-state index is 16.3. The van der Waals surface area contributed by atoms with Gasteiger partial charge in [-0.25, -0.2) is 17.6 Å². The number of nitrogens with zero attached hydrogens (tertiary/aromatic N) is 7. The summed E-state index contributed by atoms with van der Waals surface area (Å²) in [5, 5.41) is 11.2. The molecule has 8 rings (SSSR count). The van der Waals surface area contributed by atoms with Crippen LogP contribution >= 0.6 is 0 Å². The number of phenolic OH excluding ortho intramolecular Hbond substituents is 1. The molecule has 10 nitrogen and oxygen atoms in total. The summed E-state index contributed by atoms with van der Waals surface area (Å²) < 4.78 is 63.5. The van der Waals surface area contributed by atoms with Gasteiger partial charge in [-0.2, -0.15) is 9.97 Å². The number of carbonyl (C=O) groups is 1. The molecule has 3 aromatic heterocycles. The van der Waals surface area contributed by atoms with Crippen molar-refractivity contribution in [3.05, 3.63) is 83.6 Å². The van der Waals surface area contributed by atoms with E-state index in [9.17, 15) is 23.1 Å². The SMILES string of the molecule is C#Cc1c(F)ccc2cc(O)cc(-c3ncc4c(N5CCN(C(=O)/C(F)=C/c6ccccn6)CC5)nc(OC)nc4c3F)c12.FC1CC2CCCN2C1. The number of hydrogen-bond donors (Lipinski definition) is 1. The monoisotopic (exact) mass is 725 g/mol. The first-order valence-corrected chi connectivity index (χ1v) is 17.2. The van der Waals surface area contributed by atoms with Gasteiger partial charge in [-0.1, -0.05) is 18.1 Å². The zero-order valence-electron chi connectivity index (χ0n) is 28.8. The highest BCUT2D eigenvalue weighted by Gasteiger charge is 2.35. The third-order valence-electron chi connectivity index (χ3n) is 9.77. The molecule has 2 atom stereocenters. The minimum absolute atomic E-state index is 0.0823. The molecule has 0 saturated carbocycles. The van der Waals surface area contributed by atoms with Gasteiger partial charge in [0.2, 0.25) is 0 Å². The number of methoxy groups -OCH3 is 1. The third kappa shape index (κ3) is 7.17. The van der Waals surface area contributed by atoms with Crippen molar-refractivity contribution in [1.29, 1.82) is 0 Å². The second-order valence-corrected chi connectivity index (χ2v) is 13.0. The Morgan fingerprint density at radius 2 is 1.89 bits per heavy atom. The fraction of sp³-hybridized carbons (Fsp3) is 0.308. The average Bonchev–Trinajstić information content (AvgIpc) is 3.76. The Bertz CT molecular complexity index is 2250. The van der Waals surface area contributed by atoms with E-state index in [1.165, 1.54) is 61.5 Å². The predicted molar refractivity (Wildman–Crippen MR) is 193 cm³/mol. The van der Waals surface area contributed by atoms with Crippen molar-refractivity contribution in [2.45, 2.75) is 31.5 Å². The Kier molecular flexibility index (Phi) is 10.1. The number of terminal acetylenes is 1. The lowest BCUT2D eigenvalue weighted by Gasteiger charge is -2.35. The van der Waals surface area contributed by atoms with Gasteiger partial charge in [0.15, 0.2) is 11.6 Å². The van der Waals surface area contributed by atoms with E-state index in [1.807, 2.05) is 0 Å². The zero-order chi connectivity index (χ0) is 37.2. The van der Waals surface area contributed by atoms with Crippen LogP contribution in [0.15, 0.2) is 60.7 Å². The minimum atomic E-state index is -0.933. The number of pyridine rings is 2. The van der Waals surface area contributed by atoms with Gasteiger partial charge in [-0.15, -0.1) is 6.42 Å². The van der Waals surface area contributed by atoms with Crippen LogP contribution in [0.5, 0.6) is 11.8 Å². The van der Waals surface area contributed by atoms with E-state index >= 15 is 4.39 Å². The van der Waals surface area contributed by atoms with Gasteiger partial charge in [-0.3, -0.25) is 19.7 Å². The quantitative estimate of drug-likeness (QED) is 0.131. The molecular weight excluding hydrogens is 690 g/mol. The number of amides is 1. The van der Waals surface area contributed by atoms with Crippen LogP contribution in [-0.4, -0.2) is 99.3 Å². The second kappa shape index (κ2) is 15.0. The first kappa shape index (κ1) is 35.6. The van der Waals surface area contributed by atoms with Crippen molar-refractivity contribution in [1.82, 2.24) is 29.7 Å². The molecule has 5 aromatic rings. The lowest BCUT2D eigenvalue weighted by molar-refractivity contribution is -0.128. The number of aromatic nitrogens is 4. The summed E-state index contributed by atoms with van der Waals surface area (Å²) in [5.74, 6) is -0.817. The Morgan fingerprint density at radius 1 is 1.08 bits per heavy atom. The molecule has 53 heavy (non-hydrogen) atoms. The summed E-state index contributed by atoms with van der Waals surface area (Å²) in [7, 11) is 1.34. The minimum Gasteiger partial charge on any atom is -0.508 e. The number of ether oxygens (including phenoxy) is 1. The standard InChI is InChI=1S/C32H23F3N6O3.C7H12FN/c1-3-21-24(33)8-7-18-14-20(42)16-22(26(18)21)28-27(35)29-23(17-37-28)30(39-32(38-29)44-2)40-10-12-41(13-11-40)31(43)25(34)15-19-6-4-5-9-36-19;8-6-4-7-2-1-3-9(7)5-6/h1,4-9,14-17,42H,10-13H2,2H3;6-7H,1-5H2/b25-15-;. The maximum atomic E-state index is 16.3. The molecule has 6 heterocycles. The second-order valence-electron chi connectivity index (χ2n) is 13.0. The summed E-state index contributed by atoms with van der Waals surface area (Å²) in [5.41, 5.74) is -0.0326. The number of halogens is 4. The van der Waals surface area contributed by atoms with Crippen molar-refractivity contribution in [3.8, 4) is 35.4 Å². The summed E-state index contributed by atoms with van der Waals surface area (Å²) in [6.45, 7) is 2.70. The van der Waals surface area contributed by atoms with Crippen LogP contribution in [0.4, 0.5) is 23.4 Å². The molecule has 3 fully saturated rings. The van der Waals surface area contributed by atoms with E-state index < -0.39 is 29.5 Å². The first-order valence-electron chi connectivity index (χ1n) is 17.2. The highest BCUT2D eigenvalue weighted by Crippen LogP contribution is 2.39. The molecular formula is C39H35F4N7O3. The molecule has 0 spiro atoms. The topological polar surface area (TPSA) is 108 Å². The van der Waals surface area contributed by atoms with E-state index in [0.29, 0.717) is 29.5 Å². The molecule has 3 saturated heterocycles. The molecule has 14 heteroatoms. The lowest BCUT2D eigenvalue weighted by Crippen LogP contribution is -2.49. The van der Waals surface area contributed by atoms with Gasteiger partial charge >= 0.3 is 6.01 Å². The number of carbonyl (C=O) groups excluding carboxylic acids is 1. The van der Waals surface area contributed by atoms with Crippen molar-refractivity contribution >= 4 is 39.5 Å². The van der Waals surface area contributed by atoms with Crippen LogP contribution in [-0.2, 0) is 4.79 Å². The van der Waals surface area contributed by atoms with E-state index in [0.717, 1.165) is 19.0 Å². The number of hydrogen-bond acceptors (Lipinski definition) is 9. The van der Waals surface area contributed by atoms with Crippen molar-refractivity contribution < 1.29 is 32.2 Å². The molecule has 2 unspecified atom stereocenters. The Balaban J connectivity index is 0.000000418. The number of alkyl halides is 1. The van der Waals surface area contributed by atoms with E-state index in [-0.39, 0.29) is 71.0 Å². The number of rotatable bonds is 5. The van der Waals surface area contributed by atoms with Gasteiger partial charge < -0.3 is 19.6 Å². The van der Waals surface area contributed by atoms with Crippen LogP contribution in [0.1, 0.15) is 30.5 Å². The predicted octanol–water partition coefficient (Wildman–Crippen LogP) is 6.07. The molecule has 1 amide bonds. The summed E-state index contributed by atoms with van der Waals surface area (Å²) in [6, 6.07) is 10.7. The van der Waals surface area contributed by atoms with Crippen LogP contribution in [0.2, 0.25) is 0 Å². The van der Waals surface area contributed by atoms with Gasteiger partial charge in [0.05, 0.1) is 23.8 Å². The molecule has 3 aliphatic heterocycles. The molecule has 0 bridgehead atoms. The number of fused-ring (bicyclic) bond motifs is 3. The molecule has 3 aliphatic rings.